The van der Waals surface area contributed by atoms with Crippen LogP contribution in [0, 0.1) is 6.92 Å². The number of carbonyl (C=O) groups is 1. The van der Waals surface area contributed by atoms with Crippen molar-refractivity contribution < 1.29 is 4.79 Å². The predicted octanol–water partition coefficient (Wildman–Crippen LogP) is 4.03. The van der Waals surface area contributed by atoms with Crippen molar-refractivity contribution in [2.45, 2.75) is 24.1 Å². The maximum Gasteiger partial charge on any atom is 0.239 e. The average molecular weight is 356 g/mol. The van der Waals surface area contributed by atoms with Gasteiger partial charge in [-0.25, -0.2) is 15.0 Å². The van der Waals surface area contributed by atoms with Crippen molar-refractivity contribution in [3.8, 4) is 11.3 Å². The number of thioether (sulfide) groups is 1. The number of thiazole rings is 1. The fraction of sp³-hybridized carbons (Fsp3) is 0.176. The van der Waals surface area contributed by atoms with Crippen molar-refractivity contribution >= 4 is 34.1 Å². The smallest absolute Gasteiger partial charge is 0.239 e. The Hall–Kier alpha value is -2.25. The van der Waals surface area contributed by atoms with Gasteiger partial charge in [0.15, 0.2) is 5.13 Å². The third-order valence-corrected chi connectivity index (χ3v) is 5.14. The standard InChI is InChI=1S/C17H16N4OS2/c1-11-9-23-17(20-11)21-16(22)12(2)24-15-8-14(18-10-19-15)13-6-4-3-5-7-13/h3-10,12H,1-2H3,(H,20,21,22). The highest BCUT2D eigenvalue weighted by Crippen LogP contribution is 2.26. The molecule has 0 bridgehead atoms. The molecule has 1 atom stereocenters. The molecule has 0 aliphatic heterocycles. The first-order valence-electron chi connectivity index (χ1n) is 7.39. The van der Waals surface area contributed by atoms with Crippen LogP contribution in [0.4, 0.5) is 5.13 Å². The third kappa shape index (κ3) is 4.18. The molecule has 0 fully saturated rings. The zero-order valence-electron chi connectivity index (χ0n) is 13.3. The molecule has 0 saturated carbocycles. The molecule has 122 valence electrons. The summed E-state index contributed by atoms with van der Waals surface area (Å²) in [6.07, 6.45) is 1.53. The van der Waals surface area contributed by atoms with Crippen LogP contribution in [-0.4, -0.2) is 26.1 Å². The van der Waals surface area contributed by atoms with Crippen LogP contribution in [0.2, 0.25) is 0 Å². The minimum Gasteiger partial charge on any atom is -0.301 e. The molecule has 1 unspecified atom stereocenters. The van der Waals surface area contributed by atoms with Gasteiger partial charge in [0, 0.05) is 10.9 Å². The topological polar surface area (TPSA) is 67.8 Å². The highest BCUT2D eigenvalue weighted by atomic mass is 32.2. The van der Waals surface area contributed by atoms with E-state index in [1.54, 1.807) is 0 Å². The second kappa shape index (κ2) is 7.55. The molecule has 0 aliphatic carbocycles. The molecule has 5 nitrogen and oxygen atoms in total. The summed E-state index contributed by atoms with van der Waals surface area (Å²) in [6, 6.07) is 11.8. The fourth-order valence-electron chi connectivity index (χ4n) is 2.02. The summed E-state index contributed by atoms with van der Waals surface area (Å²) in [4.78, 5) is 25.1. The molecule has 2 heterocycles. The Morgan fingerprint density at radius 1 is 1.25 bits per heavy atom. The average Bonchev–Trinajstić information content (AvgIpc) is 3.00. The Balaban J connectivity index is 1.68. The van der Waals surface area contributed by atoms with Gasteiger partial charge in [0.05, 0.1) is 16.6 Å². The summed E-state index contributed by atoms with van der Waals surface area (Å²) in [7, 11) is 0. The van der Waals surface area contributed by atoms with Gasteiger partial charge < -0.3 is 5.32 Å². The van der Waals surface area contributed by atoms with Crippen LogP contribution in [0.25, 0.3) is 11.3 Å². The number of rotatable bonds is 5. The van der Waals surface area contributed by atoms with Gasteiger partial charge in [-0.15, -0.1) is 11.3 Å². The Bertz CT molecular complexity index is 835. The maximum atomic E-state index is 12.3. The minimum absolute atomic E-state index is 0.0887. The van der Waals surface area contributed by atoms with E-state index in [0.717, 1.165) is 22.0 Å². The van der Waals surface area contributed by atoms with Gasteiger partial charge in [-0.3, -0.25) is 4.79 Å². The molecule has 3 aromatic rings. The lowest BCUT2D eigenvalue weighted by molar-refractivity contribution is -0.115. The number of hydrogen-bond donors (Lipinski definition) is 1. The van der Waals surface area contributed by atoms with Crippen molar-refractivity contribution in [1.82, 2.24) is 15.0 Å². The van der Waals surface area contributed by atoms with Crippen LogP contribution in [-0.2, 0) is 4.79 Å². The van der Waals surface area contributed by atoms with E-state index in [4.69, 9.17) is 0 Å². The second-order valence-corrected chi connectivity index (χ2v) is 7.37. The van der Waals surface area contributed by atoms with Crippen LogP contribution < -0.4 is 5.32 Å². The third-order valence-electron chi connectivity index (χ3n) is 3.23. The lowest BCUT2D eigenvalue weighted by Crippen LogP contribution is -2.22. The zero-order valence-corrected chi connectivity index (χ0v) is 14.9. The van der Waals surface area contributed by atoms with Crippen LogP contribution in [0.15, 0.2) is 53.1 Å². The van der Waals surface area contributed by atoms with Crippen molar-refractivity contribution in [1.29, 1.82) is 0 Å². The van der Waals surface area contributed by atoms with Gasteiger partial charge in [-0.2, -0.15) is 0 Å². The Kier molecular flexibility index (Phi) is 5.22. The van der Waals surface area contributed by atoms with Crippen molar-refractivity contribution in [3.63, 3.8) is 0 Å². The molecule has 0 spiro atoms. The quantitative estimate of drug-likeness (QED) is 0.552. The molecule has 0 saturated heterocycles. The first kappa shape index (κ1) is 16.6. The summed E-state index contributed by atoms with van der Waals surface area (Å²) >= 11 is 2.82. The molecule has 3 rings (SSSR count). The molecule has 1 aromatic carbocycles. The van der Waals surface area contributed by atoms with Crippen LogP contribution >= 0.6 is 23.1 Å². The van der Waals surface area contributed by atoms with Crippen molar-refractivity contribution in [2.24, 2.45) is 0 Å². The van der Waals surface area contributed by atoms with E-state index in [9.17, 15) is 4.79 Å². The number of carbonyl (C=O) groups excluding carboxylic acids is 1. The van der Waals surface area contributed by atoms with E-state index in [2.05, 4.69) is 20.3 Å². The zero-order chi connectivity index (χ0) is 16.9. The summed E-state index contributed by atoms with van der Waals surface area (Å²) in [6.45, 7) is 3.75. The van der Waals surface area contributed by atoms with Gasteiger partial charge >= 0.3 is 0 Å². The molecule has 7 heteroatoms. The highest BCUT2D eigenvalue weighted by Gasteiger charge is 2.17. The SMILES string of the molecule is Cc1csc(NC(=O)C(C)Sc2cc(-c3ccccc3)ncn2)n1. The number of nitrogens with zero attached hydrogens (tertiary/aromatic N) is 3. The van der Waals surface area contributed by atoms with Gasteiger partial charge in [-0.05, 0) is 19.9 Å². The lowest BCUT2D eigenvalue weighted by Gasteiger charge is -2.10. The summed E-state index contributed by atoms with van der Waals surface area (Å²) < 4.78 is 0. The number of hydrogen-bond acceptors (Lipinski definition) is 6. The van der Waals surface area contributed by atoms with Gasteiger partial charge in [0.2, 0.25) is 5.91 Å². The summed E-state index contributed by atoms with van der Waals surface area (Å²) in [5.41, 5.74) is 2.77. The fourth-order valence-corrected chi connectivity index (χ4v) is 3.53. The van der Waals surface area contributed by atoms with Crippen LogP contribution in [0.1, 0.15) is 12.6 Å². The lowest BCUT2D eigenvalue weighted by atomic mass is 10.1. The van der Waals surface area contributed by atoms with Crippen molar-refractivity contribution in [2.75, 3.05) is 5.32 Å². The molecule has 1 N–H and O–H groups in total. The summed E-state index contributed by atoms with van der Waals surface area (Å²) in [5, 5.41) is 5.84. The van der Waals surface area contributed by atoms with E-state index in [-0.39, 0.29) is 11.2 Å². The predicted molar refractivity (Wildman–Crippen MR) is 98.3 cm³/mol. The Morgan fingerprint density at radius 3 is 2.75 bits per heavy atom. The van der Waals surface area contributed by atoms with Crippen LogP contribution in [0.5, 0.6) is 0 Å². The van der Waals surface area contributed by atoms with E-state index in [1.165, 1.54) is 29.4 Å². The van der Waals surface area contributed by atoms with Gasteiger partial charge in [0.25, 0.3) is 0 Å². The Labute approximate surface area is 148 Å². The maximum absolute atomic E-state index is 12.3. The van der Waals surface area contributed by atoms with Gasteiger partial charge in [0.1, 0.15) is 11.4 Å². The van der Waals surface area contributed by atoms with E-state index in [0.29, 0.717) is 5.13 Å². The summed E-state index contributed by atoms with van der Waals surface area (Å²) in [5.74, 6) is -0.0887. The number of nitrogens with one attached hydrogen (secondary N) is 1. The molecular formula is C17H16N4OS2. The molecular weight excluding hydrogens is 340 g/mol. The molecule has 1 amide bonds. The van der Waals surface area contributed by atoms with Crippen molar-refractivity contribution in [3.05, 3.63) is 53.8 Å². The molecule has 2 aromatic heterocycles. The number of benzene rings is 1. The molecule has 0 aliphatic rings. The molecule has 0 radical (unpaired) electrons. The van der Waals surface area contributed by atoms with E-state index in [1.807, 2.05) is 55.6 Å². The normalized spacial score (nSPS) is 11.9. The Morgan fingerprint density at radius 2 is 2.04 bits per heavy atom. The number of aryl methyl sites for hydroxylation is 1. The van der Waals surface area contributed by atoms with Crippen LogP contribution in [0.3, 0.4) is 0 Å². The first-order valence-corrected chi connectivity index (χ1v) is 9.15. The number of anilines is 1. The number of amides is 1. The highest BCUT2D eigenvalue weighted by molar-refractivity contribution is 8.00. The van der Waals surface area contributed by atoms with Gasteiger partial charge in [-0.1, -0.05) is 42.1 Å². The monoisotopic (exact) mass is 356 g/mol. The largest absolute Gasteiger partial charge is 0.301 e. The van der Waals surface area contributed by atoms with E-state index < -0.39 is 0 Å². The first-order chi connectivity index (χ1) is 11.6. The van der Waals surface area contributed by atoms with E-state index >= 15 is 0 Å². The molecule has 24 heavy (non-hydrogen) atoms. The second-order valence-electron chi connectivity index (χ2n) is 5.15. The number of aromatic nitrogens is 3. The minimum atomic E-state index is -0.285.